The molecule has 5 heteroatoms. The van der Waals surface area contributed by atoms with Crippen LogP contribution in [0, 0.1) is 35.5 Å². The highest BCUT2D eigenvalue weighted by Crippen LogP contribution is 2.59. The highest BCUT2D eigenvalue weighted by atomic mass is 16.7. The molecule has 8 aliphatic rings. The Hall–Kier alpha value is -0.810. The van der Waals surface area contributed by atoms with Crippen LogP contribution >= 0.6 is 0 Å². The van der Waals surface area contributed by atoms with Crippen LogP contribution < -0.4 is 0 Å². The second-order valence-electron chi connectivity index (χ2n) is 12.4. The van der Waals surface area contributed by atoms with Crippen LogP contribution in [-0.4, -0.2) is 42.8 Å². The Morgan fingerprint density at radius 3 is 1.38 bits per heavy atom. The van der Waals surface area contributed by atoms with Gasteiger partial charge in [-0.3, -0.25) is 0 Å². The third kappa shape index (κ3) is 3.70. The molecule has 0 heterocycles. The van der Waals surface area contributed by atoms with Gasteiger partial charge in [0.25, 0.3) is 0 Å². The van der Waals surface area contributed by atoms with Crippen LogP contribution in [0.15, 0.2) is 0 Å². The summed E-state index contributed by atoms with van der Waals surface area (Å²) < 4.78 is 25.0. The van der Waals surface area contributed by atoms with Crippen molar-refractivity contribution < 1.29 is 23.7 Å². The van der Waals surface area contributed by atoms with Gasteiger partial charge >= 0.3 is 6.16 Å². The van der Waals surface area contributed by atoms with Crippen molar-refractivity contribution in [3.63, 3.8) is 0 Å². The quantitative estimate of drug-likeness (QED) is 0.435. The lowest BCUT2D eigenvalue weighted by molar-refractivity contribution is -0.219. The van der Waals surface area contributed by atoms with Crippen LogP contribution in [-0.2, 0) is 18.9 Å². The molecule has 8 rings (SSSR count). The van der Waals surface area contributed by atoms with Crippen molar-refractivity contribution in [2.45, 2.75) is 114 Å². The minimum Gasteiger partial charge on any atom is -0.430 e. The van der Waals surface area contributed by atoms with Gasteiger partial charge in [-0.1, -0.05) is 13.8 Å². The van der Waals surface area contributed by atoms with Gasteiger partial charge in [-0.15, -0.1) is 0 Å². The van der Waals surface area contributed by atoms with Crippen LogP contribution in [0.4, 0.5) is 4.79 Å². The predicted molar refractivity (Wildman–Crippen MR) is 120 cm³/mol. The molecule has 0 spiro atoms. The van der Waals surface area contributed by atoms with Gasteiger partial charge in [0.05, 0.1) is 11.2 Å². The van der Waals surface area contributed by atoms with E-state index in [0.717, 1.165) is 63.6 Å². The standard InChI is InChI=1S/C27H42O5/c1-3-5-29-26-11-17-7-19(13-26)23(20(8-17)14-26)31-25(28)32-24-21-9-18-10-22(24)16-27(12-18,15-21)30-6-4-2/h17-24H,3-16H2,1-2H3/t17-,18-,19-,20+,21-,22+,23+,24+,26-,27-. The molecule has 0 unspecified atom stereocenters. The molecule has 8 aliphatic carbocycles. The third-order valence-corrected chi connectivity index (χ3v) is 9.95. The molecule has 10 atom stereocenters. The predicted octanol–water partition coefficient (Wildman–Crippen LogP) is 5.89. The molecule has 0 aromatic heterocycles. The fraction of sp³-hybridized carbons (Fsp3) is 0.963. The fourth-order valence-corrected chi connectivity index (χ4v) is 9.43. The Morgan fingerprint density at radius 1 is 0.656 bits per heavy atom. The molecule has 32 heavy (non-hydrogen) atoms. The van der Waals surface area contributed by atoms with E-state index in [4.69, 9.17) is 18.9 Å². The number of hydrogen-bond donors (Lipinski definition) is 0. The van der Waals surface area contributed by atoms with E-state index < -0.39 is 6.16 Å². The van der Waals surface area contributed by atoms with Gasteiger partial charge in [0.15, 0.2) is 0 Å². The van der Waals surface area contributed by atoms with E-state index in [1.165, 1.54) is 38.5 Å². The van der Waals surface area contributed by atoms with E-state index in [-0.39, 0.29) is 23.4 Å². The molecular formula is C27H42O5. The van der Waals surface area contributed by atoms with Gasteiger partial charge in [0.1, 0.15) is 12.2 Å². The number of hydrogen-bond acceptors (Lipinski definition) is 5. The molecule has 8 bridgehead atoms. The van der Waals surface area contributed by atoms with E-state index in [0.29, 0.717) is 23.7 Å². The summed E-state index contributed by atoms with van der Waals surface area (Å²) in [5, 5.41) is 0. The van der Waals surface area contributed by atoms with Crippen molar-refractivity contribution in [2.75, 3.05) is 13.2 Å². The van der Waals surface area contributed by atoms with Crippen LogP contribution in [0.3, 0.4) is 0 Å². The van der Waals surface area contributed by atoms with Gasteiger partial charge in [0.2, 0.25) is 0 Å². The minimum absolute atomic E-state index is 0.0356. The first-order chi connectivity index (χ1) is 15.5. The monoisotopic (exact) mass is 446 g/mol. The van der Waals surface area contributed by atoms with Crippen molar-refractivity contribution in [3.8, 4) is 0 Å². The minimum atomic E-state index is -0.396. The van der Waals surface area contributed by atoms with Crippen LogP contribution in [0.1, 0.15) is 90.9 Å². The van der Waals surface area contributed by atoms with Crippen molar-refractivity contribution in [3.05, 3.63) is 0 Å². The zero-order valence-electron chi connectivity index (χ0n) is 20.1. The molecular weight excluding hydrogens is 404 g/mol. The lowest BCUT2D eigenvalue weighted by Crippen LogP contribution is -2.60. The second kappa shape index (κ2) is 8.15. The Morgan fingerprint density at radius 2 is 1.03 bits per heavy atom. The maximum absolute atomic E-state index is 13.0. The average Bonchev–Trinajstić information content (AvgIpc) is 2.75. The van der Waals surface area contributed by atoms with Crippen LogP contribution in [0.5, 0.6) is 0 Å². The topological polar surface area (TPSA) is 54.0 Å². The molecule has 180 valence electrons. The van der Waals surface area contributed by atoms with E-state index in [1.54, 1.807) is 0 Å². The summed E-state index contributed by atoms with van der Waals surface area (Å²) in [6.07, 6.45) is 13.3. The molecule has 0 aromatic rings. The summed E-state index contributed by atoms with van der Waals surface area (Å²) in [7, 11) is 0. The lowest BCUT2D eigenvalue weighted by atomic mass is 9.53. The summed E-state index contributed by atoms with van der Waals surface area (Å²) in [5.41, 5.74) is 0.120. The first-order valence-corrected chi connectivity index (χ1v) is 13.7. The normalized spacial score (nSPS) is 50.1. The van der Waals surface area contributed by atoms with Crippen LogP contribution in [0.2, 0.25) is 0 Å². The number of rotatable bonds is 8. The molecule has 0 radical (unpaired) electrons. The highest BCUT2D eigenvalue weighted by Gasteiger charge is 2.59. The summed E-state index contributed by atoms with van der Waals surface area (Å²) in [6, 6.07) is 0. The highest BCUT2D eigenvalue weighted by molar-refractivity contribution is 5.60. The van der Waals surface area contributed by atoms with Crippen LogP contribution in [0.25, 0.3) is 0 Å². The Kier molecular flexibility index (Phi) is 5.53. The number of carbonyl (C=O) groups is 1. The molecule has 0 aromatic carbocycles. The van der Waals surface area contributed by atoms with Crippen molar-refractivity contribution in [1.29, 1.82) is 0 Å². The van der Waals surface area contributed by atoms with E-state index in [2.05, 4.69) is 13.8 Å². The Bertz CT molecular complexity index is 631. The maximum Gasteiger partial charge on any atom is 0.508 e. The van der Waals surface area contributed by atoms with Crippen molar-refractivity contribution in [2.24, 2.45) is 35.5 Å². The smallest absolute Gasteiger partial charge is 0.430 e. The molecule has 5 nitrogen and oxygen atoms in total. The summed E-state index contributed by atoms with van der Waals surface area (Å²) in [4.78, 5) is 13.0. The number of ether oxygens (including phenoxy) is 4. The lowest BCUT2D eigenvalue weighted by Gasteiger charge is -2.59. The Balaban J connectivity index is 1.08. The fourth-order valence-electron chi connectivity index (χ4n) is 9.43. The van der Waals surface area contributed by atoms with E-state index in [9.17, 15) is 4.79 Å². The third-order valence-electron chi connectivity index (χ3n) is 9.95. The van der Waals surface area contributed by atoms with Gasteiger partial charge in [-0.05, 0) is 113 Å². The second-order valence-corrected chi connectivity index (χ2v) is 12.4. The zero-order valence-corrected chi connectivity index (χ0v) is 20.1. The summed E-state index contributed by atoms with van der Waals surface area (Å²) in [6.45, 7) is 6.08. The van der Waals surface area contributed by atoms with Gasteiger partial charge in [0, 0.05) is 13.2 Å². The van der Waals surface area contributed by atoms with Gasteiger partial charge in [-0.2, -0.15) is 0 Å². The molecule has 8 fully saturated rings. The molecule has 0 amide bonds. The summed E-state index contributed by atoms with van der Waals surface area (Å²) in [5.74, 6) is 3.32. The van der Waals surface area contributed by atoms with E-state index >= 15 is 0 Å². The van der Waals surface area contributed by atoms with Crippen molar-refractivity contribution in [1.82, 2.24) is 0 Å². The molecule has 8 saturated carbocycles. The Labute approximate surface area is 193 Å². The molecule has 0 saturated heterocycles. The number of carbonyl (C=O) groups excluding carboxylic acids is 1. The first-order valence-electron chi connectivity index (χ1n) is 13.7. The summed E-state index contributed by atoms with van der Waals surface area (Å²) >= 11 is 0. The maximum atomic E-state index is 13.0. The zero-order chi connectivity index (χ0) is 21.9. The molecule has 0 N–H and O–H groups in total. The SMILES string of the molecule is CCCO[C@]12C[C@@H]3C[C@H](C1)[C@H](OC(=O)O[C@H]1[C@@H]4C[C@@H]5C[C@H]1C[C@@](OCCC)(C5)C4)[C@@H](C3)C2. The first kappa shape index (κ1) is 21.7. The van der Waals surface area contributed by atoms with Crippen molar-refractivity contribution >= 4 is 6.16 Å². The van der Waals surface area contributed by atoms with Gasteiger partial charge < -0.3 is 18.9 Å². The largest absolute Gasteiger partial charge is 0.508 e. The molecule has 0 aliphatic heterocycles. The van der Waals surface area contributed by atoms with E-state index in [1.807, 2.05) is 0 Å². The average molecular weight is 447 g/mol. The van der Waals surface area contributed by atoms with Gasteiger partial charge in [-0.25, -0.2) is 4.79 Å².